The Kier molecular flexibility index (Phi) is 4.26. The number of hydrogen-bond acceptors (Lipinski definition) is 5. The minimum absolute atomic E-state index is 0.130. The summed E-state index contributed by atoms with van der Waals surface area (Å²) in [6, 6.07) is 0. The van der Waals surface area contributed by atoms with Gasteiger partial charge in [0.2, 0.25) is 0 Å². The minimum Gasteiger partial charge on any atom is -0.383 e. The lowest BCUT2D eigenvalue weighted by atomic mass is 10.3. The third-order valence-electron chi connectivity index (χ3n) is 1.79. The smallest absolute Gasteiger partial charge is 0.261 e. The van der Waals surface area contributed by atoms with Crippen LogP contribution in [-0.4, -0.2) is 23.2 Å². The van der Waals surface area contributed by atoms with Crippen LogP contribution < -0.4 is 11.3 Å². The Labute approximate surface area is 87.4 Å². The van der Waals surface area contributed by atoms with Crippen molar-refractivity contribution in [3.05, 3.63) is 22.2 Å². The maximum Gasteiger partial charge on any atom is 0.261 e. The van der Waals surface area contributed by atoms with Crippen LogP contribution in [0.5, 0.6) is 0 Å². The zero-order valence-electron chi connectivity index (χ0n) is 8.82. The molecule has 0 bridgehead atoms. The Bertz CT molecular complexity index is 358. The minimum atomic E-state index is -0.752. The molecule has 0 aromatic carbocycles. The Morgan fingerprint density at radius 1 is 1.47 bits per heavy atom. The standard InChI is InChI=1S/C9H15N3O3/c1-3-14-9(15-4-2)6-7(10)11-5-12-8(6)13/h5,9H,3-4H2,1-2H3,(H3,10,11,12,13). The van der Waals surface area contributed by atoms with Gasteiger partial charge in [0.15, 0.2) is 6.29 Å². The number of nitrogens with one attached hydrogen (secondary N) is 1. The number of hydrogen-bond donors (Lipinski definition) is 2. The van der Waals surface area contributed by atoms with Gasteiger partial charge in [-0.15, -0.1) is 0 Å². The van der Waals surface area contributed by atoms with Crippen molar-refractivity contribution in [1.29, 1.82) is 0 Å². The van der Waals surface area contributed by atoms with E-state index in [0.29, 0.717) is 13.2 Å². The fraction of sp³-hybridized carbons (Fsp3) is 0.556. The topological polar surface area (TPSA) is 90.2 Å². The molecule has 0 aliphatic carbocycles. The van der Waals surface area contributed by atoms with Crippen LogP contribution >= 0.6 is 0 Å². The van der Waals surface area contributed by atoms with E-state index in [1.54, 1.807) is 0 Å². The van der Waals surface area contributed by atoms with Crippen molar-refractivity contribution in [2.75, 3.05) is 18.9 Å². The van der Waals surface area contributed by atoms with E-state index in [1.165, 1.54) is 6.33 Å². The molecule has 15 heavy (non-hydrogen) atoms. The molecule has 0 saturated carbocycles. The zero-order chi connectivity index (χ0) is 11.3. The average Bonchev–Trinajstić information content (AvgIpc) is 2.18. The summed E-state index contributed by atoms with van der Waals surface area (Å²) in [4.78, 5) is 17.7. The van der Waals surface area contributed by atoms with E-state index in [-0.39, 0.29) is 16.9 Å². The fourth-order valence-corrected chi connectivity index (χ4v) is 1.17. The molecule has 0 saturated heterocycles. The summed E-state index contributed by atoms with van der Waals surface area (Å²) in [6.07, 6.45) is 0.494. The van der Waals surface area contributed by atoms with Crippen molar-refractivity contribution in [2.45, 2.75) is 20.1 Å². The summed E-state index contributed by atoms with van der Waals surface area (Å²) in [5, 5.41) is 0. The lowest BCUT2D eigenvalue weighted by Gasteiger charge is -2.16. The van der Waals surface area contributed by atoms with Crippen LogP contribution in [0.15, 0.2) is 11.1 Å². The molecule has 0 amide bonds. The molecule has 0 radical (unpaired) electrons. The molecule has 0 aliphatic heterocycles. The Morgan fingerprint density at radius 3 is 2.53 bits per heavy atom. The lowest BCUT2D eigenvalue weighted by molar-refractivity contribution is -0.140. The van der Waals surface area contributed by atoms with Gasteiger partial charge in [-0.05, 0) is 13.8 Å². The highest BCUT2D eigenvalue weighted by molar-refractivity contribution is 5.37. The van der Waals surface area contributed by atoms with Gasteiger partial charge in [-0.25, -0.2) is 4.98 Å². The summed E-state index contributed by atoms with van der Waals surface area (Å²) >= 11 is 0. The molecular weight excluding hydrogens is 198 g/mol. The van der Waals surface area contributed by atoms with Gasteiger partial charge in [-0.2, -0.15) is 0 Å². The van der Waals surface area contributed by atoms with Crippen molar-refractivity contribution in [1.82, 2.24) is 9.97 Å². The number of anilines is 1. The maximum atomic E-state index is 11.5. The van der Waals surface area contributed by atoms with E-state index in [1.807, 2.05) is 13.8 Å². The van der Waals surface area contributed by atoms with Crippen LogP contribution in [0.2, 0.25) is 0 Å². The molecule has 84 valence electrons. The first-order valence-corrected chi connectivity index (χ1v) is 4.76. The average molecular weight is 213 g/mol. The van der Waals surface area contributed by atoms with Crippen molar-refractivity contribution >= 4 is 5.82 Å². The zero-order valence-corrected chi connectivity index (χ0v) is 8.82. The monoisotopic (exact) mass is 213 g/mol. The molecule has 1 aromatic heterocycles. The van der Waals surface area contributed by atoms with Crippen molar-refractivity contribution in [3.63, 3.8) is 0 Å². The maximum absolute atomic E-state index is 11.5. The molecule has 1 heterocycles. The van der Waals surface area contributed by atoms with Gasteiger partial charge in [0.05, 0.1) is 6.33 Å². The molecule has 3 N–H and O–H groups in total. The molecule has 1 aromatic rings. The van der Waals surface area contributed by atoms with Gasteiger partial charge in [0.1, 0.15) is 11.4 Å². The van der Waals surface area contributed by atoms with Gasteiger partial charge >= 0.3 is 0 Å². The second-order valence-corrected chi connectivity index (χ2v) is 2.77. The first-order chi connectivity index (χ1) is 7.20. The second-order valence-electron chi connectivity index (χ2n) is 2.77. The molecule has 0 aliphatic rings. The summed E-state index contributed by atoms with van der Waals surface area (Å²) in [5.41, 5.74) is 5.48. The Balaban J connectivity index is 3.04. The SMILES string of the molecule is CCOC(OCC)c1c(N)nc[nH]c1=O. The summed E-state index contributed by atoms with van der Waals surface area (Å²) in [7, 11) is 0. The number of nitrogen functional groups attached to an aromatic ring is 1. The number of aromatic amines is 1. The molecule has 0 fully saturated rings. The molecule has 0 atom stereocenters. The molecule has 1 rings (SSSR count). The first kappa shape index (κ1) is 11.7. The van der Waals surface area contributed by atoms with E-state index in [9.17, 15) is 4.79 Å². The van der Waals surface area contributed by atoms with E-state index in [2.05, 4.69) is 9.97 Å². The molecule has 6 nitrogen and oxygen atoms in total. The lowest BCUT2D eigenvalue weighted by Crippen LogP contribution is -2.23. The first-order valence-electron chi connectivity index (χ1n) is 4.76. The normalized spacial score (nSPS) is 10.9. The van der Waals surface area contributed by atoms with Crippen molar-refractivity contribution in [3.8, 4) is 0 Å². The van der Waals surface area contributed by atoms with Crippen LogP contribution in [0.25, 0.3) is 0 Å². The number of rotatable bonds is 5. The summed E-state index contributed by atoms with van der Waals surface area (Å²) < 4.78 is 10.5. The van der Waals surface area contributed by atoms with Crippen LogP contribution in [0, 0.1) is 0 Å². The van der Waals surface area contributed by atoms with Gasteiger partial charge < -0.3 is 20.2 Å². The van der Waals surface area contributed by atoms with Crippen LogP contribution in [0.4, 0.5) is 5.82 Å². The Hall–Kier alpha value is -1.40. The highest BCUT2D eigenvalue weighted by atomic mass is 16.7. The number of ether oxygens (including phenoxy) is 2. The number of nitrogens with two attached hydrogens (primary N) is 1. The predicted molar refractivity (Wildman–Crippen MR) is 55.3 cm³/mol. The highest BCUT2D eigenvalue weighted by Gasteiger charge is 2.19. The highest BCUT2D eigenvalue weighted by Crippen LogP contribution is 2.18. The number of nitrogens with zero attached hydrogens (tertiary/aromatic N) is 1. The predicted octanol–water partition coefficient (Wildman–Crippen LogP) is 0.424. The van der Waals surface area contributed by atoms with Crippen molar-refractivity contribution in [2.24, 2.45) is 0 Å². The van der Waals surface area contributed by atoms with Crippen LogP contribution in [-0.2, 0) is 9.47 Å². The van der Waals surface area contributed by atoms with Gasteiger partial charge in [0.25, 0.3) is 5.56 Å². The van der Waals surface area contributed by atoms with Gasteiger partial charge in [-0.3, -0.25) is 4.79 Å². The van der Waals surface area contributed by atoms with Crippen molar-refractivity contribution < 1.29 is 9.47 Å². The third-order valence-corrected chi connectivity index (χ3v) is 1.79. The summed E-state index contributed by atoms with van der Waals surface area (Å²) in [5.74, 6) is 0.130. The van der Waals surface area contributed by atoms with E-state index < -0.39 is 6.29 Å². The second kappa shape index (κ2) is 5.47. The van der Waals surface area contributed by atoms with Gasteiger partial charge in [-0.1, -0.05) is 0 Å². The number of aromatic nitrogens is 2. The molecule has 0 spiro atoms. The van der Waals surface area contributed by atoms with Crippen LogP contribution in [0.3, 0.4) is 0 Å². The molecule has 6 heteroatoms. The summed E-state index contributed by atoms with van der Waals surface area (Å²) in [6.45, 7) is 4.48. The molecular formula is C9H15N3O3. The van der Waals surface area contributed by atoms with E-state index in [4.69, 9.17) is 15.2 Å². The van der Waals surface area contributed by atoms with E-state index >= 15 is 0 Å². The fourth-order valence-electron chi connectivity index (χ4n) is 1.17. The van der Waals surface area contributed by atoms with Gasteiger partial charge in [0, 0.05) is 13.2 Å². The molecule has 0 unspecified atom stereocenters. The quantitative estimate of drug-likeness (QED) is 0.692. The van der Waals surface area contributed by atoms with Crippen LogP contribution in [0.1, 0.15) is 25.7 Å². The number of H-pyrrole nitrogens is 1. The largest absolute Gasteiger partial charge is 0.383 e. The Morgan fingerprint density at radius 2 is 2.07 bits per heavy atom. The third kappa shape index (κ3) is 2.77. The van der Waals surface area contributed by atoms with E-state index in [0.717, 1.165) is 0 Å².